The van der Waals surface area contributed by atoms with Gasteiger partial charge in [-0.25, -0.2) is 5.43 Å². The van der Waals surface area contributed by atoms with E-state index in [1.54, 1.807) is 12.1 Å². The van der Waals surface area contributed by atoms with Gasteiger partial charge in [-0.2, -0.15) is 0 Å². The second kappa shape index (κ2) is 7.67. The van der Waals surface area contributed by atoms with Crippen molar-refractivity contribution >= 4 is 17.7 Å². The summed E-state index contributed by atoms with van der Waals surface area (Å²) in [6, 6.07) is 12.0. The van der Waals surface area contributed by atoms with Gasteiger partial charge < -0.3 is 0 Å². The van der Waals surface area contributed by atoms with Gasteiger partial charge in [0.2, 0.25) is 11.8 Å². The predicted octanol–water partition coefficient (Wildman–Crippen LogP) is 0.686. The van der Waals surface area contributed by atoms with Gasteiger partial charge in [0.1, 0.15) is 6.04 Å². The Hall–Kier alpha value is -3.06. The van der Waals surface area contributed by atoms with Gasteiger partial charge >= 0.3 is 0 Å². The number of pyridine rings is 1. The zero-order chi connectivity index (χ0) is 17.6. The van der Waals surface area contributed by atoms with Crippen LogP contribution in [0.5, 0.6) is 0 Å². The molecule has 3 amide bonds. The molecule has 25 heavy (non-hydrogen) atoms. The molecule has 1 aromatic carbocycles. The molecule has 1 aliphatic heterocycles. The number of rotatable bonds is 6. The molecule has 7 heteroatoms. The number of nitrogens with zero attached hydrogens (tertiary/aromatic N) is 2. The molecule has 0 radical (unpaired) electrons. The van der Waals surface area contributed by atoms with Gasteiger partial charge in [0.15, 0.2) is 0 Å². The number of amides is 3. The number of nitrogens with one attached hydrogen (secondary N) is 2. The number of aromatic nitrogens is 1. The van der Waals surface area contributed by atoms with Crippen molar-refractivity contribution in [2.24, 2.45) is 0 Å². The Kier molecular flexibility index (Phi) is 5.15. The Morgan fingerprint density at radius 2 is 1.84 bits per heavy atom. The molecule has 3 rings (SSSR count). The molecule has 2 heterocycles. The summed E-state index contributed by atoms with van der Waals surface area (Å²) in [6.45, 7) is 0.332. The Labute approximate surface area is 145 Å². The Bertz CT molecular complexity index is 764. The third-order valence-electron chi connectivity index (χ3n) is 4.01. The van der Waals surface area contributed by atoms with E-state index in [1.807, 2.05) is 30.3 Å². The molecule has 1 aliphatic rings. The summed E-state index contributed by atoms with van der Waals surface area (Å²) in [5.41, 5.74) is 6.60. The van der Waals surface area contributed by atoms with E-state index in [-0.39, 0.29) is 24.1 Å². The maximum Gasteiger partial charge on any atom is 0.265 e. The molecule has 0 spiro atoms. The van der Waals surface area contributed by atoms with Gasteiger partial charge in [-0.05, 0) is 24.1 Å². The first-order chi connectivity index (χ1) is 12.1. The van der Waals surface area contributed by atoms with Crippen molar-refractivity contribution in [3.63, 3.8) is 0 Å². The molecule has 1 saturated heterocycles. The van der Waals surface area contributed by atoms with Gasteiger partial charge in [0.25, 0.3) is 5.91 Å². The van der Waals surface area contributed by atoms with Crippen molar-refractivity contribution in [1.82, 2.24) is 20.7 Å². The number of hydrazine groups is 1. The fourth-order valence-electron chi connectivity index (χ4n) is 2.64. The van der Waals surface area contributed by atoms with Gasteiger partial charge in [0, 0.05) is 24.5 Å². The number of benzene rings is 1. The van der Waals surface area contributed by atoms with Crippen LogP contribution in [0, 0.1) is 0 Å². The maximum atomic E-state index is 12.4. The summed E-state index contributed by atoms with van der Waals surface area (Å²) in [5, 5.41) is 0. The summed E-state index contributed by atoms with van der Waals surface area (Å²) in [6.07, 6.45) is 3.65. The van der Waals surface area contributed by atoms with Crippen LogP contribution in [0.3, 0.4) is 0 Å². The predicted molar refractivity (Wildman–Crippen MR) is 90.1 cm³/mol. The van der Waals surface area contributed by atoms with Gasteiger partial charge in [-0.3, -0.25) is 29.7 Å². The van der Waals surface area contributed by atoms with Crippen molar-refractivity contribution in [3.8, 4) is 0 Å². The van der Waals surface area contributed by atoms with Crippen LogP contribution in [0.1, 0.15) is 22.3 Å². The summed E-state index contributed by atoms with van der Waals surface area (Å²) in [5.74, 6) is -0.946. The smallest absolute Gasteiger partial charge is 0.265 e. The molecule has 128 valence electrons. The molecule has 7 nitrogen and oxygen atoms in total. The Morgan fingerprint density at radius 1 is 1.12 bits per heavy atom. The average molecular weight is 338 g/mol. The van der Waals surface area contributed by atoms with Gasteiger partial charge in [-0.1, -0.05) is 30.3 Å². The lowest BCUT2D eigenvalue weighted by atomic mass is 10.1. The highest BCUT2D eigenvalue weighted by Crippen LogP contribution is 2.14. The minimum absolute atomic E-state index is 0.0320. The molecule has 0 bridgehead atoms. The highest BCUT2D eigenvalue weighted by molar-refractivity contribution is 6.05. The van der Waals surface area contributed by atoms with Gasteiger partial charge in [-0.15, -0.1) is 0 Å². The minimum atomic E-state index is -0.742. The molecule has 1 aromatic heterocycles. The van der Waals surface area contributed by atoms with E-state index in [9.17, 15) is 14.4 Å². The van der Waals surface area contributed by atoms with Crippen molar-refractivity contribution in [1.29, 1.82) is 0 Å². The van der Waals surface area contributed by atoms with Crippen LogP contribution < -0.4 is 10.9 Å². The fourth-order valence-corrected chi connectivity index (χ4v) is 2.64. The van der Waals surface area contributed by atoms with Crippen LogP contribution in [-0.2, 0) is 16.0 Å². The van der Waals surface area contributed by atoms with Crippen LogP contribution in [-0.4, -0.2) is 40.2 Å². The van der Waals surface area contributed by atoms with Crippen LogP contribution in [0.4, 0.5) is 0 Å². The van der Waals surface area contributed by atoms with Crippen LogP contribution in [0.15, 0.2) is 54.9 Å². The highest BCUT2D eigenvalue weighted by Gasteiger charge is 2.38. The quantitative estimate of drug-likeness (QED) is 0.597. The zero-order valence-corrected chi connectivity index (χ0v) is 13.5. The first-order valence-corrected chi connectivity index (χ1v) is 7.99. The lowest BCUT2D eigenvalue weighted by Crippen LogP contribution is -2.48. The number of hydrogen-bond donors (Lipinski definition) is 2. The largest absolute Gasteiger partial charge is 0.287 e. The lowest BCUT2D eigenvalue weighted by molar-refractivity contribution is -0.138. The molecule has 0 saturated carbocycles. The summed E-state index contributed by atoms with van der Waals surface area (Å²) in [4.78, 5) is 41.5. The highest BCUT2D eigenvalue weighted by atomic mass is 16.2. The van der Waals surface area contributed by atoms with Crippen LogP contribution in [0.25, 0.3) is 0 Å². The normalized spacial score (nSPS) is 17.0. The van der Waals surface area contributed by atoms with Crippen molar-refractivity contribution in [2.75, 3.05) is 6.54 Å². The van der Waals surface area contributed by atoms with E-state index in [0.717, 1.165) is 5.56 Å². The molecule has 1 fully saturated rings. The average Bonchev–Trinajstić information content (AvgIpc) is 2.93. The third-order valence-corrected chi connectivity index (χ3v) is 4.01. The molecule has 2 N–H and O–H groups in total. The fraction of sp³-hybridized carbons (Fsp3) is 0.222. The standard InChI is InChI=1S/C18H18N4O3/c23-16-12-15(20-21-17(24)14-6-9-19-10-7-14)18(25)22(16)11-8-13-4-2-1-3-5-13/h1-7,9-10,15,20H,8,11-12H2,(H,21,24)/t15-/m1/s1. The van der Waals surface area contributed by atoms with Crippen molar-refractivity contribution in [2.45, 2.75) is 18.9 Å². The first kappa shape index (κ1) is 16.8. The molecular formula is C18H18N4O3. The zero-order valence-electron chi connectivity index (χ0n) is 13.5. The molecule has 0 unspecified atom stereocenters. The summed E-state index contributed by atoms with van der Waals surface area (Å²) in [7, 11) is 0. The molecule has 1 atom stereocenters. The van der Waals surface area contributed by atoms with E-state index < -0.39 is 6.04 Å². The molecule has 0 aliphatic carbocycles. The first-order valence-electron chi connectivity index (χ1n) is 7.99. The van der Waals surface area contributed by atoms with Crippen LogP contribution >= 0.6 is 0 Å². The second-order valence-corrected chi connectivity index (χ2v) is 5.71. The van der Waals surface area contributed by atoms with E-state index >= 15 is 0 Å². The second-order valence-electron chi connectivity index (χ2n) is 5.71. The van der Waals surface area contributed by atoms with Crippen LogP contribution in [0.2, 0.25) is 0 Å². The van der Waals surface area contributed by atoms with E-state index in [2.05, 4.69) is 15.8 Å². The lowest BCUT2D eigenvalue weighted by Gasteiger charge is -2.16. The Balaban J connectivity index is 1.53. The summed E-state index contributed by atoms with van der Waals surface area (Å²) < 4.78 is 0. The number of carbonyl (C=O) groups excluding carboxylic acids is 3. The van der Waals surface area contributed by atoms with Gasteiger partial charge in [0.05, 0.1) is 6.42 Å². The molecular weight excluding hydrogens is 320 g/mol. The van der Waals surface area contributed by atoms with E-state index in [1.165, 1.54) is 17.3 Å². The topological polar surface area (TPSA) is 91.4 Å². The number of likely N-dealkylation sites (tertiary alicyclic amines) is 1. The van der Waals surface area contributed by atoms with E-state index in [0.29, 0.717) is 18.5 Å². The monoisotopic (exact) mass is 338 g/mol. The number of imide groups is 1. The van der Waals surface area contributed by atoms with E-state index in [4.69, 9.17) is 0 Å². The van der Waals surface area contributed by atoms with Crippen molar-refractivity contribution in [3.05, 3.63) is 66.0 Å². The minimum Gasteiger partial charge on any atom is -0.287 e. The number of carbonyl (C=O) groups is 3. The number of hydrogen-bond acceptors (Lipinski definition) is 5. The van der Waals surface area contributed by atoms with Crippen molar-refractivity contribution < 1.29 is 14.4 Å². The SMILES string of the molecule is O=C(NN[C@@H]1CC(=O)N(CCc2ccccc2)C1=O)c1ccncc1. The third kappa shape index (κ3) is 4.07. The molecule has 2 aromatic rings. The summed E-state index contributed by atoms with van der Waals surface area (Å²) >= 11 is 0. The maximum absolute atomic E-state index is 12.4. The Morgan fingerprint density at radius 3 is 2.56 bits per heavy atom.